The fourth-order valence-corrected chi connectivity index (χ4v) is 2.45. The number of hydrogen-bond acceptors (Lipinski definition) is 4. The van der Waals surface area contributed by atoms with E-state index < -0.39 is 0 Å². The highest BCUT2D eigenvalue weighted by molar-refractivity contribution is 5.39. The zero-order valence-corrected chi connectivity index (χ0v) is 10.5. The number of hydrazine groups is 1. The smallest absolute Gasteiger partial charge is 0.110 e. The third-order valence-electron chi connectivity index (χ3n) is 3.29. The van der Waals surface area contributed by atoms with Gasteiger partial charge in [0.25, 0.3) is 0 Å². The molecular formula is C13H22N4. The van der Waals surface area contributed by atoms with E-state index in [4.69, 9.17) is 5.84 Å². The fourth-order valence-electron chi connectivity index (χ4n) is 2.45. The van der Waals surface area contributed by atoms with Crippen LogP contribution in [0.15, 0.2) is 35.8 Å². The number of nitrogens with zero attached hydrogens (tertiary/aromatic N) is 1. The average molecular weight is 234 g/mol. The van der Waals surface area contributed by atoms with Crippen LogP contribution in [0.3, 0.4) is 0 Å². The van der Waals surface area contributed by atoms with E-state index in [1.807, 2.05) is 6.08 Å². The second-order valence-electron chi connectivity index (χ2n) is 4.44. The molecule has 0 saturated carbocycles. The van der Waals surface area contributed by atoms with Gasteiger partial charge in [-0.2, -0.15) is 0 Å². The third kappa shape index (κ3) is 2.37. The Balaban J connectivity index is 2.18. The molecule has 0 aliphatic carbocycles. The number of allylic oxidation sites excluding steroid dienone is 3. The Morgan fingerprint density at radius 2 is 2.47 bits per heavy atom. The molecule has 2 heterocycles. The first-order chi connectivity index (χ1) is 8.33. The van der Waals surface area contributed by atoms with Crippen LogP contribution in [0.25, 0.3) is 0 Å². The highest BCUT2D eigenvalue weighted by atomic mass is 15.4. The molecule has 2 rings (SSSR count). The molecule has 0 aromatic heterocycles. The monoisotopic (exact) mass is 234 g/mol. The minimum atomic E-state index is 0.412. The third-order valence-corrected chi connectivity index (χ3v) is 3.29. The van der Waals surface area contributed by atoms with Crippen LogP contribution in [-0.2, 0) is 0 Å². The highest BCUT2D eigenvalue weighted by Crippen LogP contribution is 2.39. The van der Waals surface area contributed by atoms with Gasteiger partial charge in [-0.05, 0) is 24.8 Å². The van der Waals surface area contributed by atoms with Crippen LogP contribution in [-0.4, -0.2) is 24.0 Å². The number of hydrogen-bond donors (Lipinski definition) is 3. The van der Waals surface area contributed by atoms with E-state index in [-0.39, 0.29) is 0 Å². The molecule has 0 unspecified atom stereocenters. The maximum atomic E-state index is 5.43. The van der Waals surface area contributed by atoms with Crippen LogP contribution in [0.4, 0.5) is 0 Å². The molecule has 0 aromatic carbocycles. The topological polar surface area (TPSA) is 53.1 Å². The minimum absolute atomic E-state index is 0.412. The van der Waals surface area contributed by atoms with Crippen LogP contribution < -0.4 is 16.6 Å². The molecule has 1 fully saturated rings. The van der Waals surface area contributed by atoms with E-state index in [0.29, 0.717) is 6.04 Å². The molecule has 2 aliphatic heterocycles. The molecule has 0 aromatic rings. The minimum Gasteiger partial charge on any atom is -0.371 e. The summed E-state index contributed by atoms with van der Waals surface area (Å²) in [5, 5.41) is 3.48. The lowest BCUT2D eigenvalue weighted by Crippen LogP contribution is -2.31. The van der Waals surface area contributed by atoms with Gasteiger partial charge in [0.1, 0.15) is 5.82 Å². The van der Waals surface area contributed by atoms with Gasteiger partial charge in [-0.25, -0.2) is 0 Å². The van der Waals surface area contributed by atoms with E-state index in [9.17, 15) is 0 Å². The Morgan fingerprint density at radius 1 is 1.65 bits per heavy atom. The standard InChI is InChI=1S/C13H22N4/c1-3-6-11-12(9-16-14)17(11)13-10(4-2)7-5-8-15-13/h4,6,12,15-16H,2-3,5,7-9,14H2,1H3/b11-6-/t12-,17?/m1/s1. The van der Waals surface area contributed by atoms with Crippen molar-refractivity contribution in [3.63, 3.8) is 0 Å². The van der Waals surface area contributed by atoms with Crippen LogP contribution in [0, 0.1) is 0 Å². The Labute approximate surface area is 103 Å². The molecule has 2 aliphatic rings. The maximum absolute atomic E-state index is 5.43. The maximum Gasteiger partial charge on any atom is 0.110 e. The van der Waals surface area contributed by atoms with Gasteiger partial charge in [-0.1, -0.05) is 25.7 Å². The Bertz CT molecular complexity index is 356. The molecule has 1 saturated heterocycles. The fraction of sp³-hybridized carbons (Fsp3) is 0.538. The van der Waals surface area contributed by atoms with Crippen LogP contribution in [0.5, 0.6) is 0 Å². The first-order valence-corrected chi connectivity index (χ1v) is 6.35. The van der Waals surface area contributed by atoms with E-state index in [2.05, 4.69) is 35.2 Å². The Morgan fingerprint density at radius 3 is 3.12 bits per heavy atom. The molecule has 0 bridgehead atoms. The van der Waals surface area contributed by atoms with Crippen LogP contribution in [0.2, 0.25) is 0 Å². The summed E-state index contributed by atoms with van der Waals surface area (Å²) in [5.41, 5.74) is 5.45. The molecular weight excluding hydrogens is 212 g/mol. The van der Waals surface area contributed by atoms with Crippen molar-refractivity contribution in [2.45, 2.75) is 32.2 Å². The molecule has 94 valence electrons. The van der Waals surface area contributed by atoms with E-state index in [0.717, 1.165) is 25.9 Å². The summed E-state index contributed by atoms with van der Waals surface area (Å²) in [5.74, 6) is 6.65. The molecule has 4 N–H and O–H groups in total. The second kappa shape index (κ2) is 5.38. The first-order valence-electron chi connectivity index (χ1n) is 6.35. The average Bonchev–Trinajstić information content (AvgIpc) is 3.03. The highest BCUT2D eigenvalue weighted by Gasteiger charge is 2.43. The molecule has 0 radical (unpaired) electrons. The predicted molar refractivity (Wildman–Crippen MR) is 70.7 cm³/mol. The SMILES string of the molecule is C=CC1=C(N2/C(=C\CC)[C@H]2CNN)NCCC1. The molecule has 4 nitrogen and oxygen atoms in total. The van der Waals surface area contributed by atoms with Gasteiger partial charge in [0, 0.05) is 18.8 Å². The molecule has 1 atom stereocenters. The lowest BCUT2D eigenvalue weighted by molar-refractivity contribution is 0.501. The van der Waals surface area contributed by atoms with Crippen molar-refractivity contribution in [2.75, 3.05) is 13.1 Å². The largest absolute Gasteiger partial charge is 0.371 e. The van der Waals surface area contributed by atoms with Gasteiger partial charge in [0.05, 0.1) is 6.04 Å². The van der Waals surface area contributed by atoms with Crippen molar-refractivity contribution < 1.29 is 0 Å². The van der Waals surface area contributed by atoms with Crippen LogP contribution in [0.1, 0.15) is 26.2 Å². The summed E-state index contributed by atoms with van der Waals surface area (Å²) in [7, 11) is 0. The molecule has 0 spiro atoms. The summed E-state index contributed by atoms with van der Waals surface area (Å²) in [4.78, 5) is 2.33. The summed E-state index contributed by atoms with van der Waals surface area (Å²) in [6.07, 6.45) is 7.60. The second-order valence-corrected chi connectivity index (χ2v) is 4.44. The Hall–Kier alpha value is -1.26. The van der Waals surface area contributed by atoms with Crippen molar-refractivity contribution in [2.24, 2.45) is 5.84 Å². The number of nitrogens with one attached hydrogen (secondary N) is 2. The van der Waals surface area contributed by atoms with Gasteiger partial charge in [-0.3, -0.25) is 11.3 Å². The quantitative estimate of drug-likeness (QED) is 0.380. The van der Waals surface area contributed by atoms with Crippen molar-refractivity contribution >= 4 is 0 Å². The van der Waals surface area contributed by atoms with Gasteiger partial charge < -0.3 is 10.2 Å². The van der Waals surface area contributed by atoms with E-state index in [1.165, 1.54) is 23.5 Å². The molecule has 4 heteroatoms. The number of nitrogens with two attached hydrogens (primary N) is 1. The summed E-state index contributed by atoms with van der Waals surface area (Å²) < 4.78 is 0. The van der Waals surface area contributed by atoms with Crippen molar-refractivity contribution in [1.29, 1.82) is 0 Å². The zero-order valence-electron chi connectivity index (χ0n) is 10.5. The number of rotatable bonds is 5. The normalized spacial score (nSPS) is 26.1. The van der Waals surface area contributed by atoms with Crippen molar-refractivity contribution in [3.05, 3.63) is 35.8 Å². The summed E-state index contributed by atoms with van der Waals surface area (Å²) in [6.45, 7) is 7.90. The van der Waals surface area contributed by atoms with Gasteiger partial charge in [0.15, 0.2) is 0 Å². The van der Waals surface area contributed by atoms with Gasteiger partial charge >= 0.3 is 0 Å². The van der Waals surface area contributed by atoms with Crippen LogP contribution >= 0.6 is 0 Å². The van der Waals surface area contributed by atoms with Crippen molar-refractivity contribution in [3.8, 4) is 0 Å². The lowest BCUT2D eigenvalue weighted by Gasteiger charge is -2.21. The zero-order chi connectivity index (χ0) is 12.3. The van der Waals surface area contributed by atoms with E-state index >= 15 is 0 Å². The van der Waals surface area contributed by atoms with Crippen molar-refractivity contribution in [1.82, 2.24) is 15.6 Å². The Kier molecular flexibility index (Phi) is 3.86. The molecule has 0 amide bonds. The predicted octanol–water partition coefficient (Wildman–Crippen LogP) is 1.21. The first kappa shape index (κ1) is 12.2. The molecule has 17 heavy (non-hydrogen) atoms. The van der Waals surface area contributed by atoms with Gasteiger partial charge in [0.2, 0.25) is 0 Å². The summed E-state index contributed by atoms with van der Waals surface area (Å²) in [6, 6.07) is 0.412. The summed E-state index contributed by atoms with van der Waals surface area (Å²) >= 11 is 0. The van der Waals surface area contributed by atoms with E-state index in [1.54, 1.807) is 0 Å². The lowest BCUT2D eigenvalue weighted by atomic mass is 10.1. The van der Waals surface area contributed by atoms with Gasteiger partial charge in [-0.15, -0.1) is 0 Å².